The van der Waals surface area contributed by atoms with Crippen molar-refractivity contribution < 1.29 is 13.0 Å². The summed E-state index contributed by atoms with van der Waals surface area (Å²) in [6, 6.07) is 8.52. The second-order valence-corrected chi connectivity index (χ2v) is 3.92. The molecule has 0 bridgehead atoms. The van der Waals surface area contributed by atoms with Crippen molar-refractivity contribution in [3.05, 3.63) is 35.4 Å². The Kier molecular flexibility index (Phi) is 8.46. The minimum absolute atomic E-state index is 0.940. The number of hydrogen-bond acceptors (Lipinski definition) is 2. The van der Waals surface area contributed by atoms with Crippen molar-refractivity contribution in [1.29, 1.82) is 0 Å². The van der Waals surface area contributed by atoms with Crippen LogP contribution >= 0.6 is 31.9 Å². The van der Waals surface area contributed by atoms with Crippen LogP contribution in [0.5, 0.6) is 0 Å². The van der Waals surface area contributed by atoms with Crippen LogP contribution in [-0.2, 0) is 21.6 Å². The molecule has 0 heterocycles. The van der Waals surface area contributed by atoms with Crippen molar-refractivity contribution in [2.75, 3.05) is 0 Å². The summed E-state index contributed by atoms with van der Waals surface area (Å²) in [6.07, 6.45) is 0. The van der Waals surface area contributed by atoms with Gasteiger partial charge in [-0.3, -0.25) is 4.55 Å². The molecule has 0 saturated heterocycles. The molecular formula is C8H10Br2O3S. The van der Waals surface area contributed by atoms with Crippen molar-refractivity contribution in [3.63, 3.8) is 0 Å². The molecule has 0 atom stereocenters. The number of halogens is 2. The molecule has 3 nitrogen and oxygen atoms in total. The Hall–Kier alpha value is 0.0900. The molecule has 0 spiro atoms. The Morgan fingerprint density at radius 2 is 1.21 bits per heavy atom. The van der Waals surface area contributed by atoms with Gasteiger partial charge in [0.05, 0.1) is 0 Å². The first-order valence-corrected chi connectivity index (χ1v) is 7.00. The maximum atomic E-state index is 8.59. The van der Waals surface area contributed by atoms with E-state index in [9.17, 15) is 0 Å². The van der Waals surface area contributed by atoms with Crippen LogP contribution in [0.4, 0.5) is 0 Å². The second-order valence-electron chi connectivity index (χ2n) is 2.32. The number of thiol groups is 1. The Balaban J connectivity index is 0.000000364. The van der Waals surface area contributed by atoms with E-state index in [1.165, 1.54) is 11.1 Å². The zero-order valence-electron chi connectivity index (χ0n) is 7.19. The lowest BCUT2D eigenvalue weighted by atomic mass is 10.2. The van der Waals surface area contributed by atoms with Gasteiger partial charge in [0.25, 0.3) is 11.0 Å². The molecule has 0 aromatic heterocycles. The van der Waals surface area contributed by atoms with Crippen LogP contribution in [0.3, 0.4) is 0 Å². The average molecular weight is 346 g/mol. The van der Waals surface area contributed by atoms with Crippen LogP contribution in [0.1, 0.15) is 11.1 Å². The van der Waals surface area contributed by atoms with Crippen LogP contribution in [-0.4, -0.2) is 13.0 Å². The van der Waals surface area contributed by atoms with E-state index in [2.05, 4.69) is 56.1 Å². The highest BCUT2D eigenvalue weighted by Gasteiger charge is 1.89. The van der Waals surface area contributed by atoms with Crippen molar-refractivity contribution >= 4 is 42.8 Å². The molecule has 0 saturated carbocycles. The maximum Gasteiger partial charge on any atom is 0.254 e. The highest BCUT2D eigenvalue weighted by molar-refractivity contribution is 9.08. The largest absolute Gasteiger partial charge is 0.288 e. The summed E-state index contributed by atoms with van der Waals surface area (Å²) in [5.74, 6) is 0. The van der Waals surface area contributed by atoms with E-state index < -0.39 is 11.0 Å². The fourth-order valence-electron chi connectivity index (χ4n) is 0.717. The molecule has 0 aliphatic rings. The molecule has 0 fully saturated rings. The van der Waals surface area contributed by atoms with Gasteiger partial charge < -0.3 is 0 Å². The number of rotatable bonds is 2. The van der Waals surface area contributed by atoms with Gasteiger partial charge in [-0.2, -0.15) is 0 Å². The summed E-state index contributed by atoms with van der Waals surface area (Å²) in [5.41, 5.74) is 2.65. The smallest absolute Gasteiger partial charge is 0.254 e. The minimum Gasteiger partial charge on any atom is -0.288 e. The maximum absolute atomic E-state index is 8.59. The summed E-state index contributed by atoms with van der Waals surface area (Å²) in [6.45, 7) is 0. The van der Waals surface area contributed by atoms with E-state index in [0.717, 1.165) is 10.7 Å². The zero-order valence-corrected chi connectivity index (χ0v) is 11.3. The summed E-state index contributed by atoms with van der Waals surface area (Å²) in [4.78, 5) is 0. The average Bonchev–Trinajstić information content (AvgIpc) is 2.17. The third kappa shape index (κ3) is 7.49. The van der Waals surface area contributed by atoms with E-state index in [1.807, 2.05) is 0 Å². The van der Waals surface area contributed by atoms with Gasteiger partial charge in [-0.1, -0.05) is 56.1 Å². The van der Waals surface area contributed by atoms with Crippen molar-refractivity contribution in [2.24, 2.45) is 0 Å². The Morgan fingerprint density at radius 1 is 1.00 bits per heavy atom. The molecule has 6 heteroatoms. The molecule has 0 amide bonds. The number of alkyl halides is 2. The van der Waals surface area contributed by atoms with E-state index >= 15 is 0 Å². The van der Waals surface area contributed by atoms with Gasteiger partial charge in [0.1, 0.15) is 0 Å². The van der Waals surface area contributed by atoms with Gasteiger partial charge in [-0.15, -0.1) is 0 Å². The SMILES string of the molecule is BrCc1ccc(CBr)cc1.O=[SH](=O)O. The highest BCUT2D eigenvalue weighted by atomic mass is 79.9. The van der Waals surface area contributed by atoms with Crippen LogP contribution in [0, 0.1) is 0 Å². The second kappa shape index (κ2) is 8.40. The van der Waals surface area contributed by atoms with Gasteiger partial charge >= 0.3 is 0 Å². The third-order valence-electron chi connectivity index (χ3n) is 1.33. The molecule has 80 valence electrons. The van der Waals surface area contributed by atoms with E-state index in [0.29, 0.717) is 0 Å². The molecule has 1 rings (SSSR count). The van der Waals surface area contributed by atoms with Crippen LogP contribution in [0.2, 0.25) is 0 Å². The lowest BCUT2D eigenvalue weighted by Gasteiger charge is -1.96. The van der Waals surface area contributed by atoms with Gasteiger partial charge in [-0.05, 0) is 11.1 Å². The summed E-state index contributed by atoms with van der Waals surface area (Å²) >= 11 is 6.78. The molecule has 0 unspecified atom stereocenters. The lowest BCUT2D eigenvalue weighted by molar-refractivity contribution is 0.509. The van der Waals surface area contributed by atoms with Crippen LogP contribution < -0.4 is 0 Å². The van der Waals surface area contributed by atoms with E-state index in [4.69, 9.17) is 13.0 Å². The van der Waals surface area contributed by atoms with Crippen molar-refractivity contribution in [3.8, 4) is 0 Å². The number of hydrogen-bond donors (Lipinski definition) is 2. The molecule has 0 radical (unpaired) electrons. The molecule has 1 N–H and O–H groups in total. The molecule has 1 aromatic carbocycles. The van der Waals surface area contributed by atoms with Crippen LogP contribution in [0.25, 0.3) is 0 Å². The van der Waals surface area contributed by atoms with Gasteiger partial charge in [0, 0.05) is 10.7 Å². The monoisotopic (exact) mass is 344 g/mol. The molecular weight excluding hydrogens is 336 g/mol. The fourth-order valence-corrected chi connectivity index (χ4v) is 1.47. The summed E-state index contributed by atoms with van der Waals surface area (Å²) < 4.78 is 24.2. The summed E-state index contributed by atoms with van der Waals surface area (Å²) in [5, 5.41) is 1.88. The topological polar surface area (TPSA) is 54.4 Å². The Bertz CT molecular complexity index is 291. The Morgan fingerprint density at radius 3 is 1.36 bits per heavy atom. The van der Waals surface area contributed by atoms with Gasteiger partial charge in [-0.25, -0.2) is 8.42 Å². The molecule has 0 aliphatic heterocycles. The number of benzene rings is 1. The van der Waals surface area contributed by atoms with Crippen LogP contribution in [0.15, 0.2) is 24.3 Å². The van der Waals surface area contributed by atoms with E-state index in [1.54, 1.807) is 0 Å². The first kappa shape index (κ1) is 14.1. The lowest BCUT2D eigenvalue weighted by Crippen LogP contribution is -1.78. The fraction of sp³-hybridized carbons (Fsp3) is 0.250. The molecule has 0 aliphatic carbocycles. The predicted octanol–water partition coefficient (Wildman–Crippen LogP) is 2.55. The summed E-state index contributed by atoms with van der Waals surface area (Å²) in [7, 11) is -3.12. The normalized spacial score (nSPS) is 9.43. The highest BCUT2D eigenvalue weighted by Crippen LogP contribution is 2.09. The quantitative estimate of drug-likeness (QED) is 0.492. The zero-order chi connectivity index (χ0) is 11.0. The Labute approximate surface area is 102 Å². The van der Waals surface area contributed by atoms with Gasteiger partial charge in [0.2, 0.25) is 0 Å². The van der Waals surface area contributed by atoms with Crippen molar-refractivity contribution in [2.45, 2.75) is 10.7 Å². The van der Waals surface area contributed by atoms with Crippen molar-refractivity contribution in [1.82, 2.24) is 0 Å². The first-order valence-electron chi connectivity index (χ1n) is 3.63. The minimum atomic E-state index is -3.12. The molecule has 14 heavy (non-hydrogen) atoms. The third-order valence-corrected chi connectivity index (χ3v) is 2.63. The van der Waals surface area contributed by atoms with Gasteiger partial charge in [0.15, 0.2) is 0 Å². The molecule has 1 aromatic rings. The predicted molar refractivity (Wildman–Crippen MR) is 64.6 cm³/mol. The first-order chi connectivity index (χ1) is 6.60. The van der Waals surface area contributed by atoms with E-state index in [-0.39, 0.29) is 0 Å². The standard InChI is InChI=1S/C8H8Br2.H2O3S/c9-5-7-1-2-8(6-10)4-3-7;1-4(2)3/h1-4H,5-6H2;4H,(H,1,2,3).